The fourth-order valence-corrected chi connectivity index (χ4v) is 3.14. The Bertz CT molecular complexity index is 456. The molecule has 21 heavy (non-hydrogen) atoms. The lowest BCUT2D eigenvalue weighted by Crippen LogP contribution is -2.35. The number of rotatable bonds is 5. The second-order valence-corrected chi connectivity index (χ2v) is 6.10. The monoisotopic (exact) mass is 290 g/mol. The van der Waals surface area contributed by atoms with Gasteiger partial charge in [0.1, 0.15) is 5.82 Å². The first kappa shape index (κ1) is 15.8. The van der Waals surface area contributed by atoms with E-state index < -0.39 is 0 Å². The van der Waals surface area contributed by atoms with Crippen LogP contribution in [0.15, 0.2) is 18.3 Å². The molecule has 1 saturated carbocycles. The van der Waals surface area contributed by atoms with Crippen LogP contribution in [-0.2, 0) is 4.74 Å². The van der Waals surface area contributed by atoms with Crippen LogP contribution in [0.2, 0.25) is 0 Å². The Hall–Kier alpha value is -1.58. The van der Waals surface area contributed by atoms with Crippen molar-refractivity contribution in [1.29, 1.82) is 0 Å². The van der Waals surface area contributed by atoms with E-state index in [2.05, 4.69) is 24.1 Å². The lowest BCUT2D eigenvalue weighted by Gasteiger charge is -2.35. The van der Waals surface area contributed by atoms with Crippen LogP contribution >= 0.6 is 0 Å². The second kappa shape index (κ2) is 7.43. The number of aromatic nitrogens is 1. The Morgan fingerprint density at radius 3 is 2.76 bits per heavy atom. The number of nitrogens with zero attached hydrogens (tertiary/aromatic N) is 1. The fraction of sp³-hybridized carbons (Fsp3) is 0.647. The van der Waals surface area contributed by atoms with Gasteiger partial charge in [-0.3, -0.25) is 0 Å². The maximum atomic E-state index is 11.6. The van der Waals surface area contributed by atoms with E-state index in [9.17, 15) is 4.79 Å². The number of nitrogens with one attached hydrogen (secondary N) is 1. The summed E-state index contributed by atoms with van der Waals surface area (Å²) in [5.74, 6) is 1.92. The van der Waals surface area contributed by atoms with Gasteiger partial charge in [0.15, 0.2) is 0 Å². The lowest BCUT2D eigenvalue weighted by molar-refractivity contribution is 0.0526. The van der Waals surface area contributed by atoms with Crippen LogP contribution < -0.4 is 5.32 Å². The molecule has 2 atom stereocenters. The van der Waals surface area contributed by atoms with Crippen molar-refractivity contribution in [2.45, 2.75) is 52.5 Å². The van der Waals surface area contributed by atoms with Crippen LogP contribution in [-0.4, -0.2) is 23.6 Å². The van der Waals surface area contributed by atoms with E-state index in [4.69, 9.17) is 4.74 Å². The molecular formula is C17H26N2O2. The second-order valence-electron chi connectivity index (χ2n) is 6.10. The Balaban J connectivity index is 2.00. The van der Waals surface area contributed by atoms with Crippen molar-refractivity contribution in [2.75, 3.05) is 11.9 Å². The summed E-state index contributed by atoms with van der Waals surface area (Å²) in [6.07, 6.45) is 6.69. The molecule has 1 aliphatic carbocycles. The molecule has 0 radical (unpaired) electrons. The van der Waals surface area contributed by atoms with E-state index in [1.165, 1.54) is 25.7 Å². The van der Waals surface area contributed by atoms with Crippen LogP contribution in [0.1, 0.15) is 56.8 Å². The Morgan fingerprint density at radius 2 is 2.14 bits per heavy atom. The van der Waals surface area contributed by atoms with Crippen LogP contribution in [0.3, 0.4) is 0 Å². The van der Waals surface area contributed by atoms with Crippen molar-refractivity contribution in [1.82, 2.24) is 4.98 Å². The van der Waals surface area contributed by atoms with E-state index >= 15 is 0 Å². The van der Waals surface area contributed by atoms with Crippen molar-refractivity contribution in [3.05, 3.63) is 23.9 Å². The molecule has 2 unspecified atom stereocenters. The third kappa shape index (κ3) is 4.19. The zero-order valence-corrected chi connectivity index (χ0v) is 13.3. The Morgan fingerprint density at radius 1 is 1.38 bits per heavy atom. The van der Waals surface area contributed by atoms with Gasteiger partial charge in [0, 0.05) is 12.2 Å². The van der Waals surface area contributed by atoms with E-state index in [-0.39, 0.29) is 5.97 Å². The molecule has 1 fully saturated rings. The molecule has 0 spiro atoms. The SMILES string of the molecule is CCOC(=O)c1ccc(NC2CCCCC2C(C)C)nc1. The van der Waals surface area contributed by atoms with E-state index in [1.807, 2.05) is 6.07 Å². The van der Waals surface area contributed by atoms with Gasteiger partial charge in [0.25, 0.3) is 0 Å². The summed E-state index contributed by atoms with van der Waals surface area (Å²) in [6.45, 7) is 6.78. The summed E-state index contributed by atoms with van der Waals surface area (Å²) in [6, 6.07) is 4.14. The fourth-order valence-electron chi connectivity index (χ4n) is 3.14. The molecule has 1 heterocycles. The highest BCUT2D eigenvalue weighted by Gasteiger charge is 2.27. The summed E-state index contributed by atoms with van der Waals surface area (Å²) < 4.78 is 4.97. The molecule has 1 aromatic rings. The Kier molecular flexibility index (Phi) is 5.59. The molecule has 0 aliphatic heterocycles. The smallest absolute Gasteiger partial charge is 0.339 e. The summed E-state index contributed by atoms with van der Waals surface area (Å²) in [5, 5.41) is 3.55. The molecule has 0 amide bonds. The van der Waals surface area contributed by atoms with Gasteiger partial charge in [-0.15, -0.1) is 0 Å². The average Bonchev–Trinajstić information content (AvgIpc) is 2.48. The van der Waals surface area contributed by atoms with Crippen LogP contribution in [0.25, 0.3) is 0 Å². The van der Waals surface area contributed by atoms with E-state index in [1.54, 1.807) is 19.2 Å². The van der Waals surface area contributed by atoms with Crippen LogP contribution in [0, 0.1) is 11.8 Å². The molecule has 1 aliphatic rings. The maximum absolute atomic E-state index is 11.6. The van der Waals surface area contributed by atoms with Crippen molar-refractivity contribution >= 4 is 11.8 Å². The quantitative estimate of drug-likeness (QED) is 0.836. The molecule has 4 nitrogen and oxygen atoms in total. The number of esters is 1. The summed E-state index contributed by atoms with van der Waals surface area (Å²) >= 11 is 0. The van der Waals surface area contributed by atoms with Gasteiger partial charge in [0.2, 0.25) is 0 Å². The minimum Gasteiger partial charge on any atom is -0.462 e. The molecule has 2 rings (SSSR count). The number of anilines is 1. The maximum Gasteiger partial charge on any atom is 0.339 e. The number of carbonyl (C=O) groups is 1. The zero-order valence-electron chi connectivity index (χ0n) is 13.3. The normalized spacial score (nSPS) is 22.1. The number of carbonyl (C=O) groups excluding carboxylic acids is 1. The van der Waals surface area contributed by atoms with Crippen LogP contribution in [0.5, 0.6) is 0 Å². The first-order chi connectivity index (χ1) is 10.1. The molecular weight excluding hydrogens is 264 g/mol. The highest BCUT2D eigenvalue weighted by atomic mass is 16.5. The third-order valence-electron chi connectivity index (χ3n) is 4.28. The summed E-state index contributed by atoms with van der Waals surface area (Å²) in [7, 11) is 0. The van der Waals surface area contributed by atoms with Gasteiger partial charge in [-0.2, -0.15) is 0 Å². The highest BCUT2D eigenvalue weighted by molar-refractivity contribution is 5.89. The minimum atomic E-state index is -0.311. The van der Waals surface area contributed by atoms with Crippen molar-refractivity contribution in [3.8, 4) is 0 Å². The third-order valence-corrected chi connectivity index (χ3v) is 4.28. The summed E-state index contributed by atoms with van der Waals surface area (Å²) in [4.78, 5) is 16.0. The van der Waals surface area contributed by atoms with Gasteiger partial charge < -0.3 is 10.1 Å². The van der Waals surface area contributed by atoms with E-state index in [0.717, 1.165) is 5.82 Å². The Labute approximate surface area is 127 Å². The van der Waals surface area contributed by atoms with Gasteiger partial charge in [0.05, 0.1) is 12.2 Å². The van der Waals surface area contributed by atoms with Gasteiger partial charge in [-0.25, -0.2) is 9.78 Å². The minimum absolute atomic E-state index is 0.311. The molecule has 1 aromatic heterocycles. The van der Waals surface area contributed by atoms with Gasteiger partial charge in [-0.05, 0) is 43.7 Å². The lowest BCUT2D eigenvalue weighted by atomic mass is 9.78. The molecule has 4 heteroatoms. The molecule has 0 bridgehead atoms. The predicted octanol–water partition coefficient (Wildman–Crippen LogP) is 3.89. The zero-order chi connectivity index (χ0) is 15.2. The summed E-state index contributed by atoms with van der Waals surface area (Å²) in [5.41, 5.74) is 0.506. The van der Waals surface area contributed by atoms with Gasteiger partial charge >= 0.3 is 5.97 Å². The van der Waals surface area contributed by atoms with Crippen LogP contribution in [0.4, 0.5) is 5.82 Å². The van der Waals surface area contributed by atoms with E-state index in [0.29, 0.717) is 30.0 Å². The number of hydrogen-bond acceptors (Lipinski definition) is 4. The predicted molar refractivity (Wildman–Crippen MR) is 84.4 cm³/mol. The number of pyridine rings is 1. The first-order valence-electron chi connectivity index (χ1n) is 8.01. The van der Waals surface area contributed by atoms with Crippen molar-refractivity contribution < 1.29 is 9.53 Å². The average molecular weight is 290 g/mol. The molecule has 1 N–H and O–H groups in total. The first-order valence-corrected chi connectivity index (χ1v) is 8.01. The van der Waals surface area contributed by atoms with Gasteiger partial charge in [-0.1, -0.05) is 26.7 Å². The largest absolute Gasteiger partial charge is 0.462 e. The van der Waals surface area contributed by atoms with Crippen molar-refractivity contribution in [2.24, 2.45) is 11.8 Å². The van der Waals surface area contributed by atoms with Crippen molar-refractivity contribution in [3.63, 3.8) is 0 Å². The molecule has 116 valence electrons. The molecule has 0 aromatic carbocycles. The molecule has 0 saturated heterocycles. The highest BCUT2D eigenvalue weighted by Crippen LogP contribution is 2.31. The number of ether oxygens (including phenoxy) is 1. The topological polar surface area (TPSA) is 51.2 Å². The standard InChI is InChI=1S/C17H26N2O2/c1-4-21-17(20)13-9-10-16(18-11-13)19-15-8-6-5-7-14(15)12(2)3/h9-12,14-15H,4-8H2,1-3H3,(H,18,19). The number of hydrogen-bond donors (Lipinski definition) is 1.